The zero-order valence-corrected chi connectivity index (χ0v) is 11.0. The number of anilines is 1. The molecule has 0 aliphatic rings. The lowest BCUT2D eigenvalue weighted by atomic mass is 10.1. The Kier molecular flexibility index (Phi) is 4.31. The van der Waals surface area contributed by atoms with Crippen molar-refractivity contribution >= 4 is 44.1 Å². The number of carbonyl (C=O) groups is 2. The fraction of sp³-hybridized carbons (Fsp3) is 0.333. The minimum Gasteiger partial charge on any atom is -0.462 e. The van der Waals surface area contributed by atoms with Gasteiger partial charge in [-0.15, -0.1) is 11.3 Å². The molecule has 1 heterocycles. The van der Waals surface area contributed by atoms with Gasteiger partial charge in [0.1, 0.15) is 5.00 Å². The number of amides is 1. The topological polar surface area (TPSA) is 95.4 Å². The van der Waals surface area contributed by atoms with Crippen LogP contribution in [0.25, 0.3) is 0 Å². The minimum absolute atomic E-state index is 0.234. The minimum atomic E-state index is -0.596. The van der Waals surface area contributed by atoms with Gasteiger partial charge in [-0.25, -0.2) is 4.79 Å². The highest BCUT2D eigenvalue weighted by atomic mass is 79.9. The maximum atomic E-state index is 11.6. The maximum absolute atomic E-state index is 11.6. The number of nitrogen functional groups attached to an aromatic ring is 1. The summed E-state index contributed by atoms with van der Waals surface area (Å²) in [5.41, 5.74) is 11.6. The van der Waals surface area contributed by atoms with E-state index in [2.05, 4.69) is 15.9 Å². The van der Waals surface area contributed by atoms with Crippen LogP contribution in [0.4, 0.5) is 5.00 Å². The van der Waals surface area contributed by atoms with E-state index in [-0.39, 0.29) is 22.0 Å². The smallest absolute Gasteiger partial charge is 0.341 e. The first-order valence-electron chi connectivity index (χ1n) is 4.46. The van der Waals surface area contributed by atoms with Gasteiger partial charge in [-0.3, -0.25) is 4.79 Å². The van der Waals surface area contributed by atoms with E-state index in [4.69, 9.17) is 16.2 Å². The number of hydrogen-bond acceptors (Lipinski definition) is 5. The van der Waals surface area contributed by atoms with E-state index in [1.54, 1.807) is 6.92 Å². The molecule has 1 aromatic heterocycles. The molecular weight excluding hydrogens is 296 g/mol. The predicted octanol–water partition coefficient (Wildman–Crippen LogP) is 1.50. The van der Waals surface area contributed by atoms with Gasteiger partial charge in [0.2, 0.25) is 0 Å². The first kappa shape index (κ1) is 13.0. The summed E-state index contributed by atoms with van der Waals surface area (Å²) < 4.78 is 4.86. The van der Waals surface area contributed by atoms with E-state index in [1.807, 2.05) is 0 Å². The van der Waals surface area contributed by atoms with Crippen LogP contribution in [0.3, 0.4) is 0 Å². The van der Waals surface area contributed by atoms with Crippen molar-refractivity contribution in [3.63, 3.8) is 0 Å². The van der Waals surface area contributed by atoms with Gasteiger partial charge in [0.05, 0.1) is 17.0 Å². The standard InChI is InChI=1S/C9H11BrN2O3S/c1-2-15-9(14)5-4(3-10)6(7(11)13)16-8(5)12/h2-3,12H2,1H3,(H2,11,13). The fourth-order valence-corrected chi connectivity index (χ4v) is 2.91. The third kappa shape index (κ3) is 2.35. The normalized spacial score (nSPS) is 10.1. The Morgan fingerprint density at radius 2 is 2.12 bits per heavy atom. The molecule has 0 saturated heterocycles. The number of ether oxygens (including phenoxy) is 1. The average molecular weight is 307 g/mol. The van der Waals surface area contributed by atoms with Gasteiger partial charge in [0.25, 0.3) is 5.91 Å². The van der Waals surface area contributed by atoms with Crippen LogP contribution in [0.15, 0.2) is 0 Å². The van der Waals surface area contributed by atoms with Crippen molar-refractivity contribution in [1.29, 1.82) is 0 Å². The van der Waals surface area contributed by atoms with Gasteiger partial charge in [0.15, 0.2) is 0 Å². The monoisotopic (exact) mass is 306 g/mol. The second-order valence-corrected chi connectivity index (χ2v) is 4.48. The molecule has 16 heavy (non-hydrogen) atoms. The summed E-state index contributed by atoms with van der Waals surface area (Å²) in [6.07, 6.45) is 0. The van der Waals surface area contributed by atoms with Crippen molar-refractivity contribution in [3.8, 4) is 0 Å². The molecule has 4 N–H and O–H groups in total. The molecule has 0 radical (unpaired) electrons. The number of rotatable bonds is 4. The van der Waals surface area contributed by atoms with Gasteiger partial charge in [-0.05, 0) is 6.92 Å². The third-order valence-corrected chi connectivity index (χ3v) is 3.51. The Labute approximate surface area is 105 Å². The average Bonchev–Trinajstić information content (AvgIpc) is 2.55. The molecule has 7 heteroatoms. The molecule has 0 aliphatic carbocycles. The van der Waals surface area contributed by atoms with Crippen LogP contribution in [0.1, 0.15) is 32.5 Å². The van der Waals surface area contributed by atoms with Gasteiger partial charge in [-0.1, -0.05) is 15.9 Å². The highest BCUT2D eigenvalue weighted by Gasteiger charge is 2.24. The number of thiophene rings is 1. The molecule has 88 valence electrons. The van der Waals surface area contributed by atoms with Crippen LogP contribution in [0, 0.1) is 0 Å². The van der Waals surface area contributed by atoms with Crippen molar-refractivity contribution < 1.29 is 14.3 Å². The highest BCUT2D eigenvalue weighted by Crippen LogP contribution is 2.32. The number of carbonyl (C=O) groups excluding carboxylic acids is 2. The molecule has 0 unspecified atom stereocenters. The molecule has 1 rings (SSSR count). The highest BCUT2D eigenvalue weighted by molar-refractivity contribution is 9.08. The molecule has 0 fully saturated rings. The summed E-state index contributed by atoms with van der Waals surface area (Å²) in [7, 11) is 0. The molecule has 0 spiro atoms. The first-order valence-corrected chi connectivity index (χ1v) is 6.40. The van der Waals surface area contributed by atoms with E-state index in [1.165, 1.54) is 0 Å². The number of halogens is 1. The van der Waals surface area contributed by atoms with Crippen LogP contribution in [0.2, 0.25) is 0 Å². The second-order valence-electron chi connectivity index (χ2n) is 2.87. The van der Waals surface area contributed by atoms with Crippen molar-refractivity contribution in [2.75, 3.05) is 12.3 Å². The van der Waals surface area contributed by atoms with E-state index < -0.39 is 11.9 Å². The first-order chi connectivity index (χ1) is 7.52. The Hall–Kier alpha value is -1.08. The SMILES string of the molecule is CCOC(=O)c1c(N)sc(C(N)=O)c1CBr. The summed E-state index contributed by atoms with van der Waals surface area (Å²) in [6, 6.07) is 0. The molecule has 1 aromatic rings. The third-order valence-electron chi connectivity index (χ3n) is 1.87. The lowest BCUT2D eigenvalue weighted by Gasteiger charge is -2.03. The number of hydrogen-bond donors (Lipinski definition) is 2. The number of nitrogens with two attached hydrogens (primary N) is 2. The van der Waals surface area contributed by atoms with Crippen LogP contribution < -0.4 is 11.5 Å². The molecule has 0 aliphatic heterocycles. The Morgan fingerprint density at radius 1 is 1.50 bits per heavy atom. The summed E-state index contributed by atoms with van der Waals surface area (Å²) >= 11 is 4.20. The summed E-state index contributed by atoms with van der Waals surface area (Å²) in [6.45, 7) is 1.95. The Balaban J connectivity index is 3.27. The number of alkyl halides is 1. The predicted molar refractivity (Wildman–Crippen MR) is 65.8 cm³/mol. The number of primary amides is 1. The van der Waals surface area contributed by atoms with Crippen molar-refractivity contribution in [1.82, 2.24) is 0 Å². The van der Waals surface area contributed by atoms with Crippen LogP contribution >= 0.6 is 27.3 Å². The molecule has 0 saturated carbocycles. The second kappa shape index (κ2) is 5.31. The van der Waals surface area contributed by atoms with Gasteiger partial charge >= 0.3 is 5.97 Å². The van der Waals surface area contributed by atoms with Crippen LogP contribution in [0.5, 0.6) is 0 Å². The summed E-state index contributed by atoms with van der Waals surface area (Å²) in [5.74, 6) is -1.13. The fourth-order valence-electron chi connectivity index (χ4n) is 1.24. The Bertz CT molecular complexity index is 431. The molecular formula is C9H11BrN2O3S. The van der Waals surface area contributed by atoms with E-state index in [9.17, 15) is 9.59 Å². The van der Waals surface area contributed by atoms with Crippen molar-refractivity contribution in [3.05, 3.63) is 16.0 Å². The van der Waals surface area contributed by atoms with E-state index in [0.29, 0.717) is 10.9 Å². The number of esters is 1. The largest absolute Gasteiger partial charge is 0.462 e. The lowest BCUT2D eigenvalue weighted by molar-refractivity contribution is 0.0527. The lowest BCUT2D eigenvalue weighted by Crippen LogP contribution is -2.13. The van der Waals surface area contributed by atoms with Crippen LogP contribution in [-0.2, 0) is 10.1 Å². The van der Waals surface area contributed by atoms with E-state index >= 15 is 0 Å². The van der Waals surface area contributed by atoms with Crippen molar-refractivity contribution in [2.45, 2.75) is 12.3 Å². The zero-order valence-electron chi connectivity index (χ0n) is 8.58. The summed E-state index contributed by atoms with van der Waals surface area (Å²) in [4.78, 5) is 23.0. The quantitative estimate of drug-likeness (QED) is 0.651. The Morgan fingerprint density at radius 3 is 2.56 bits per heavy atom. The van der Waals surface area contributed by atoms with E-state index in [0.717, 1.165) is 11.3 Å². The molecule has 0 atom stereocenters. The maximum Gasteiger partial charge on any atom is 0.341 e. The molecule has 0 aromatic carbocycles. The van der Waals surface area contributed by atoms with Crippen LogP contribution in [-0.4, -0.2) is 18.5 Å². The summed E-state index contributed by atoms with van der Waals surface area (Å²) in [5, 5.41) is 0.578. The van der Waals surface area contributed by atoms with Gasteiger partial charge < -0.3 is 16.2 Å². The van der Waals surface area contributed by atoms with Gasteiger partial charge in [0, 0.05) is 10.9 Å². The molecule has 0 bridgehead atoms. The molecule has 5 nitrogen and oxygen atoms in total. The zero-order chi connectivity index (χ0) is 12.3. The van der Waals surface area contributed by atoms with Gasteiger partial charge in [-0.2, -0.15) is 0 Å². The molecule has 1 amide bonds. The van der Waals surface area contributed by atoms with Crippen molar-refractivity contribution in [2.24, 2.45) is 5.73 Å².